The van der Waals surface area contributed by atoms with Gasteiger partial charge in [-0.3, -0.25) is 0 Å². The first-order chi connectivity index (χ1) is 5.99. The summed E-state index contributed by atoms with van der Waals surface area (Å²) in [6.07, 6.45) is 6.36. The zero-order valence-electron chi connectivity index (χ0n) is 7.86. The van der Waals surface area contributed by atoms with Crippen molar-refractivity contribution in [2.75, 3.05) is 12.0 Å². The highest BCUT2D eigenvalue weighted by molar-refractivity contribution is 7.90. The predicted molar refractivity (Wildman–Crippen MR) is 52.3 cm³/mol. The SMILES string of the molecule is CS(=O)(=O)CC(O)C1=CCCCC1. The minimum atomic E-state index is -3.06. The quantitative estimate of drug-likeness (QED) is 0.695. The molecule has 0 saturated carbocycles. The molecular weight excluding hydrogens is 188 g/mol. The highest BCUT2D eigenvalue weighted by Gasteiger charge is 2.17. The van der Waals surface area contributed by atoms with Crippen molar-refractivity contribution in [1.29, 1.82) is 0 Å². The second-order valence-corrected chi connectivity index (χ2v) is 5.82. The van der Waals surface area contributed by atoms with Crippen molar-refractivity contribution < 1.29 is 13.5 Å². The van der Waals surface area contributed by atoms with Crippen LogP contribution in [0.1, 0.15) is 25.7 Å². The molecule has 1 unspecified atom stereocenters. The molecule has 76 valence electrons. The van der Waals surface area contributed by atoms with E-state index in [1.165, 1.54) is 0 Å². The largest absolute Gasteiger partial charge is 0.388 e. The third kappa shape index (κ3) is 3.91. The van der Waals surface area contributed by atoms with Gasteiger partial charge in [0, 0.05) is 6.26 Å². The molecule has 1 atom stereocenters. The van der Waals surface area contributed by atoms with Gasteiger partial charge in [0.05, 0.1) is 11.9 Å². The number of rotatable bonds is 3. The van der Waals surface area contributed by atoms with Gasteiger partial charge in [0.15, 0.2) is 0 Å². The lowest BCUT2D eigenvalue weighted by Crippen LogP contribution is -2.22. The Morgan fingerprint density at radius 3 is 2.69 bits per heavy atom. The number of aliphatic hydroxyl groups excluding tert-OH is 1. The zero-order chi connectivity index (χ0) is 9.90. The number of hydrogen-bond donors (Lipinski definition) is 1. The Labute approximate surface area is 79.4 Å². The van der Waals surface area contributed by atoms with E-state index in [-0.39, 0.29) is 5.75 Å². The highest BCUT2D eigenvalue weighted by atomic mass is 32.2. The van der Waals surface area contributed by atoms with Gasteiger partial charge in [-0.05, 0) is 31.3 Å². The lowest BCUT2D eigenvalue weighted by atomic mass is 9.96. The molecule has 0 bridgehead atoms. The molecule has 13 heavy (non-hydrogen) atoms. The molecule has 0 heterocycles. The lowest BCUT2D eigenvalue weighted by molar-refractivity contribution is 0.226. The summed E-state index contributed by atoms with van der Waals surface area (Å²) in [5, 5.41) is 9.56. The van der Waals surface area contributed by atoms with Gasteiger partial charge in [-0.25, -0.2) is 8.42 Å². The normalized spacial score (nSPS) is 20.9. The molecular formula is C9H16O3S. The van der Waals surface area contributed by atoms with Gasteiger partial charge in [0.25, 0.3) is 0 Å². The number of aliphatic hydroxyl groups is 1. The third-order valence-corrected chi connectivity index (χ3v) is 3.14. The van der Waals surface area contributed by atoms with E-state index in [0.717, 1.165) is 37.5 Å². The van der Waals surface area contributed by atoms with Crippen molar-refractivity contribution >= 4 is 9.84 Å². The van der Waals surface area contributed by atoms with Crippen molar-refractivity contribution in [2.24, 2.45) is 0 Å². The Morgan fingerprint density at radius 1 is 1.54 bits per heavy atom. The monoisotopic (exact) mass is 204 g/mol. The molecule has 3 nitrogen and oxygen atoms in total. The van der Waals surface area contributed by atoms with Crippen LogP contribution in [0.3, 0.4) is 0 Å². The van der Waals surface area contributed by atoms with Gasteiger partial charge < -0.3 is 5.11 Å². The first-order valence-electron chi connectivity index (χ1n) is 4.54. The lowest BCUT2D eigenvalue weighted by Gasteiger charge is -2.17. The molecule has 0 aliphatic heterocycles. The van der Waals surface area contributed by atoms with Crippen LogP contribution in [-0.4, -0.2) is 31.6 Å². The van der Waals surface area contributed by atoms with Gasteiger partial charge in [0.2, 0.25) is 0 Å². The molecule has 0 spiro atoms. The van der Waals surface area contributed by atoms with E-state index in [1.807, 2.05) is 6.08 Å². The smallest absolute Gasteiger partial charge is 0.150 e. The fourth-order valence-electron chi connectivity index (χ4n) is 1.56. The molecule has 0 aromatic carbocycles. The van der Waals surface area contributed by atoms with Crippen molar-refractivity contribution in [1.82, 2.24) is 0 Å². The van der Waals surface area contributed by atoms with Gasteiger partial charge in [0.1, 0.15) is 9.84 Å². The van der Waals surface area contributed by atoms with Crippen LogP contribution in [0.25, 0.3) is 0 Å². The van der Waals surface area contributed by atoms with E-state index < -0.39 is 15.9 Å². The first-order valence-corrected chi connectivity index (χ1v) is 6.60. The molecule has 0 aromatic rings. The Balaban J connectivity index is 2.57. The third-order valence-electron chi connectivity index (χ3n) is 2.21. The Hall–Kier alpha value is -0.350. The van der Waals surface area contributed by atoms with Gasteiger partial charge in [-0.2, -0.15) is 0 Å². The Morgan fingerprint density at radius 2 is 2.23 bits per heavy atom. The zero-order valence-corrected chi connectivity index (χ0v) is 8.68. The van der Waals surface area contributed by atoms with Crippen LogP contribution in [0.4, 0.5) is 0 Å². The fraction of sp³-hybridized carbons (Fsp3) is 0.778. The molecule has 4 heteroatoms. The summed E-state index contributed by atoms with van der Waals surface area (Å²) in [7, 11) is -3.06. The predicted octanol–water partition coefficient (Wildman–Crippen LogP) is 0.892. The van der Waals surface area contributed by atoms with E-state index in [4.69, 9.17) is 0 Å². The second-order valence-electron chi connectivity index (χ2n) is 3.63. The summed E-state index contributed by atoms with van der Waals surface area (Å²) in [6, 6.07) is 0. The van der Waals surface area contributed by atoms with Crippen LogP contribution in [-0.2, 0) is 9.84 Å². The molecule has 0 amide bonds. The molecule has 1 aliphatic carbocycles. The Kier molecular flexibility index (Phi) is 3.50. The van der Waals surface area contributed by atoms with Crippen LogP contribution in [0.2, 0.25) is 0 Å². The summed E-state index contributed by atoms with van der Waals surface area (Å²) in [5.74, 6) is -0.140. The van der Waals surface area contributed by atoms with E-state index >= 15 is 0 Å². The van der Waals surface area contributed by atoms with Gasteiger partial charge >= 0.3 is 0 Å². The van der Waals surface area contributed by atoms with E-state index in [0.29, 0.717) is 0 Å². The number of allylic oxidation sites excluding steroid dienone is 1. The summed E-state index contributed by atoms with van der Waals surface area (Å²) >= 11 is 0. The minimum Gasteiger partial charge on any atom is -0.388 e. The van der Waals surface area contributed by atoms with Gasteiger partial charge in [-0.1, -0.05) is 6.08 Å². The standard InChI is InChI=1S/C9H16O3S/c1-13(11,12)7-9(10)8-5-3-2-4-6-8/h5,9-10H,2-4,6-7H2,1H3. The molecule has 1 N–H and O–H groups in total. The average Bonchev–Trinajstić information content (AvgIpc) is 2.03. The number of hydrogen-bond acceptors (Lipinski definition) is 3. The van der Waals surface area contributed by atoms with Crippen LogP contribution in [0.15, 0.2) is 11.6 Å². The maximum atomic E-state index is 10.9. The van der Waals surface area contributed by atoms with Crippen molar-refractivity contribution in [2.45, 2.75) is 31.8 Å². The van der Waals surface area contributed by atoms with Gasteiger partial charge in [-0.15, -0.1) is 0 Å². The Bertz CT molecular complexity index is 290. The molecule has 1 rings (SSSR count). The van der Waals surface area contributed by atoms with Crippen molar-refractivity contribution in [3.63, 3.8) is 0 Å². The maximum Gasteiger partial charge on any atom is 0.150 e. The summed E-state index contributed by atoms with van der Waals surface area (Å²) in [4.78, 5) is 0. The van der Waals surface area contributed by atoms with Crippen LogP contribution < -0.4 is 0 Å². The maximum absolute atomic E-state index is 10.9. The van der Waals surface area contributed by atoms with Crippen LogP contribution in [0, 0.1) is 0 Å². The molecule has 0 radical (unpaired) electrons. The molecule has 1 aliphatic rings. The van der Waals surface area contributed by atoms with E-state index in [2.05, 4.69) is 0 Å². The second kappa shape index (κ2) is 4.24. The summed E-state index contributed by atoms with van der Waals surface area (Å²) in [5.41, 5.74) is 0.900. The van der Waals surface area contributed by atoms with Crippen molar-refractivity contribution in [3.05, 3.63) is 11.6 Å². The topological polar surface area (TPSA) is 54.4 Å². The average molecular weight is 204 g/mol. The van der Waals surface area contributed by atoms with Crippen LogP contribution >= 0.6 is 0 Å². The molecule has 0 saturated heterocycles. The molecule has 0 fully saturated rings. The first kappa shape index (κ1) is 10.7. The highest BCUT2D eigenvalue weighted by Crippen LogP contribution is 2.20. The van der Waals surface area contributed by atoms with Crippen LogP contribution in [0.5, 0.6) is 0 Å². The van der Waals surface area contributed by atoms with Crippen molar-refractivity contribution in [3.8, 4) is 0 Å². The number of sulfone groups is 1. The fourth-order valence-corrected chi connectivity index (χ4v) is 2.35. The van der Waals surface area contributed by atoms with E-state index in [9.17, 15) is 13.5 Å². The summed E-state index contributed by atoms with van der Waals surface area (Å²) < 4.78 is 21.8. The minimum absolute atomic E-state index is 0.140. The summed E-state index contributed by atoms with van der Waals surface area (Å²) in [6.45, 7) is 0. The molecule has 0 aromatic heterocycles. The van der Waals surface area contributed by atoms with E-state index in [1.54, 1.807) is 0 Å².